The van der Waals surface area contributed by atoms with Crippen molar-refractivity contribution in [3.8, 4) is 0 Å². The van der Waals surface area contributed by atoms with Crippen LogP contribution in [0.5, 0.6) is 0 Å². The number of rotatable bonds is 4. The van der Waals surface area contributed by atoms with Crippen LogP contribution in [0.1, 0.15) is 37.7 Å². The number of anilines is 1. The van der Waals surface area contributed by atoms with Gasteiger partial charge in [-0.15, -0.1) is 0 Å². The Kier molecular flexibility index (Phi) is 5.16. The molecule has 2 aliphatic carbocycles. The summed E-state index contributed by atoms with van der Waals surface area (Å²) in [4.78, 5) is 36.1. The van der Waals surface area contributed by atoms with Crippen molar-refractivity contribution in [2.24, 2.45) is 17.8 Å². The van der Waals surface area contributed by atoms with Crippen molar-refractivity contribution >= 4 is 23.3 Å². The van der Waals surface area contributed by atoms with Crippen molar-refractivity contribution in [2.75, 3.05) is 11.9 Å². The predicted octanol–water partition coefficient (Wildman–Crippen LogP) is 3.01. The maximum absolute atomic E-state index is 13.7. The number of benzene rings is 1. The van der Waals surface area contributed by atoms with E-state index in [-0.39, 0.29) is 29.2 Å². The molecule has 2 aliphatic rings. The SMILES string of the molecule is Cc1ccc(NC(=O)COC(=O)C2CC3CCCC(C2)C3=O)c(F)c1. The molecule has 0 heterocycles. The van der Waals surface area contributed by atoms with Crippen molar-refractivity contribution in [1.29, 1.82) is 0 Å². The number of carbonyl (C=O) groups is 3. The molecule has 134 valence electrons. The van der Waals surface area contributed by atoms with Crippen LogP contribution >= 0.6 is 0 Å². The van der Waals surface area contributed by atoms with E-state index in [1.165, 1.54) is 12.1 Å². The minimum atomic E-state index is -0.580. The number of halogens is 1. The van der Waals surface area contributed by atoms with Crippen LogP contribution in [0.15, 0.2) is 18.2 Å². The van der Waals surface area contributed by atoms with Crippen LogP contribution in [0, 0.1) is 30.5 Å². The first-order chi connectivity index (χ1) is 11.9. The van der Waals surface area contributed by atoms with E-state index in [1.807, 2.05) is 0 Å². The van der Waals surface area contributed by atoms with Crippen LogP contribution in [-0.2, 0) is 19.1 Å². The number of fused-ring (bicyclic) bond motifs is 2. The first-order valence-electron chi connectivity index (χ1n) is 8.70. The van der Waals surface area contributed by atoms with Crippen molar-refractivity contribution in [3.63, 3.8) is 0 Å². The Labute approximate surface area is 145 Å². The smallest absolute Gasteiger partial charge is 0.309 e. The molecular weight excluding hydrogens is 325 g/mol. The Morgan fingerprint density at radius 2 is 1.92 bits per heavy atom. The second-order valence-electron chi connectivity index (χ2n) is 7.03. The van der Waals surface area contributed by atoms with Gasteiger partial charge in [0.2, 0.25) is 0 Å². The average Bonchev–Trinajstić information content (AvgIpc) is 2.55. The predicted molar refractivity (Wildman–Crippen MR) is 89.3 cm³/mol. The second kappa shape index (κ2) is 7.33. The molecule has 3 rings (SSSR count). The summed E-state index contributed by atoms with van der Waals surface area (Å²) in [6, 6.07) is 4.47. The number of esters is 1. The van der Waals surface area contributed by atoms with E-state index >= 15 is 0 Å². The fourth-order valence-corrected chi connectivity index (χ4v) is 3.83. The Morgan fingerprint density at radius 3 is 2.56 bits per heavy atom. The van der Waals surface area contributed by atoms with Gasteiger partial charge in [-0.25, -0.2) is 4.39 Å². The molecule has 5 nitrogen and oxygen atoms in total. The van der Waals surface area contributed by atoms with Crippen LogP contribution < -0.4 is 5.32 Å². The maximum atomic E-state index is 13.7. The van der Waals surface area contributed by atoms with Gasteiger partial charge in [-0.05, 0) is 50.3 Å². The van der Waals surface area contributed by atoms with Gasteiger partial charge in [-0.3, -0.25) is 14.4 Å². The minimum absolute atomic E-state index is 0.0412. The van der Waals surface area contributed by atoms with Gasteiger partial charge in [-0.2, -0.15) is 0 Å². The van der Waals surface area contributed by atoms with E-state index < -0.39 is 24.3 Å². The number of amides is 1. The summed E-state index contributed by atoms with van der Waals surface area (Å²) in [5, 5.41) is 2.40. The first kappa shape index (κ1) is 17.6. The minimum Gasteiger partial charge on any atom is -0.455 e. The maximum Gasteiger partial charge on any atom is 0.309 e. The molecule has 0 aromatic heterocycles. The fraction of sp³-hybridized carbons (Fsp3) is 0.526. The Balaban J connectivity index is 1.50. The number of carbonyl (C=O) groups excluding carboxylic acids is 3. The molecule has 2 fully saturated rings. The number of hydrogen-bond acceptors (Lipinski definition) is 4. The Morgan fingerprint density at radius 1 is 1.24 bits per heavy atom. The lowest BCUT2D eigenvalue weighted by molar-refractivity contribution is -0.155. The van der Waals surface area contributed by atoms with E-state index in [0.717, 1.165) is 24.8 Å². The number of nitrogens with one attached hydrogen (secondary N) is 1. The summed E-state index contributed by atoms with van der Waals surface area (Å²) in [7, 11) is 0. The molecule has 0 aliphatic heterocycles. The zero-order valence-electron chi connectivity index (χ0n) is 14.2. The van der Waals surface area contributed by atoms with Gasteiger partial charge in [0.1, 0.15) is 11.6 Å². The third kappa shape index (κ3) is 4.06. The lowest BCUT2D eigenvalue weighted by Crippen LogP contribution is -2.40. The summed E-state index contributed by atoms with van der Waals surface area (Å²) < 4.78 is 18.8. The number of hydrogen-bond donors (Lipinski definition) is 1. The zero-order chi connectivity index (χ0) is 18.0. The van der Waals surface area contributed by atoms with E-state index in [9.17, 15) is 18.8 Å². The van der Waals surface area contributed by atoms with Crippen LogP contribution in [0.4, 0.5) is 10.1 Å². The summed E-state index contributed by atoms with van der Waals surface area (Å²) in [5.74, 6) is -1.67. The van der Waals surface area contributed by atoms with E-state index in [1.54, 1.807) is 13.0 Å². The average molecular weight is 347 g/mol. The van der Waals surface area contributed by atoms with Gasteiger partial charge in [0.05, 0.1) is 11.6 Å². The van der Waals surface area contributed by atoms with Crippen LogP contribution in [0.25, 0.3) is 0 Å². The quantitative estimate of drug-likeness (QED) is 0.850. The molecule has 1 amide bonds. The molecule has 0 saturated heterocycles. The van der Waals surface area contributed by atoms with Gasteiger partial charge in [0.25, 0.3) is 5.91 Å². The van der Waals surface area contributed by atoms with Gasteiger partial charge in [0, 0.05) is 11.8 Å². The first-order valence-corrected chi connectivity index (χ1v) is 8.70. The summed E-state index contributed by atoms with van der Waals surface area (Å²) >= 11 is 0. The van der Waals surface area contributed by atoms with E-state index in [4.69, 9.17) is 4.74 Å². The van der Waals surface area contributed by atoms with Crippen LogP contribution in [0.3, 0.4) is 0 Å². The normalized spacial score (nSPS) is 25.4. The molecule has 1 N–H and O–H groups in total. The number of Topliss-reactive ketones (excluding diaryl/α,β-unsaturated/α-hetero) is 1. The lowest BCUT2D eigenvalue weighted by Gasteiger charge is -2.36. The molecule has 2 bridgehead atoms. The van der Waals surface area contributed by atoms with Crippen LogP contribution in [0.2, 0.25) is 0 Å². The highest BCUT2D eigenvalue weighted by Gasteiger charge is 2.41. The van der Waals surface area contributed by atoms with Gasteiger partial charge in [0.15, 0.2) is 6.61 Å². The highest BCUT2D eigenvalue weighted by atomic mass is 19.1. The molecule has 2 saturated carbocycles. The Bertz CT molecular complexity index is 687. The fourth-order valence-electron chi connectivity index (χ4n) is 3.83. The van der Waals surface area contributed by atoms with Crippen molar-refractivity contribution in [1.82, 2.24) is 0 Å². The number of aryl methyl sites for hydroxylation is 1. The number of ether oxygens (including phenoxy) is 1. The second-order valence-corrected chi connectivity index (χ2v) is 7.03. The zero-order valence-corrected chi connectivity index (χ0v) is 14.2. The van der Waals surface area contributed by atoms with Gasteiger partial charge < -0.3 is 10.1 Å². The molecule has 1 aromatic carbocycles. The third-order valence-electron chi connectivity index (χ3n) is 5.13. The monoisotopic (exact) mass is 347 g/mol. The standard InChI is InChI=1S/C19H22FNO4/c1-11-5-6-16(15(20)7-11)21-17(22)10-25-19(24)14-8-12-3-2-4-13(9-14)18(12)23/h5-7,12-14H,2-4,8-10H2,1H3,(H,21,22). The van der Waals surface area contributed by atoms with Gasteiger partial charge in [-0.1, -0.05) is 12.5 Å². The molecule has 0 radical (unpaired) electrons. The molecule has 0 spiro atoms. The van der Waals surface area contributed by atoms with E-state index in [0.29, 0.717) is 12.8 Å². The molecule has 6 heteroatoms. The van der Waals surface area contributed by atoms with Crippen molar-refractivity contribution in [3.05, 3.63) is 29.6 Å². The van der Waals surface area contributed by atoms with Crippen molar-refractivity contribution in [2.45, 2.75) is 39.0 Å². The van der Waals surface area contributed by atoms with E-state index in [2.05, 4.69) is 5.32 Å². The molecule has 25 heavy (non-hydrogen) atoms. The topological polar surface area (TPSA) is 72.5 Å². The Hall–Kier alpha value is -2.24. The van der Waals surface area contributed by atoms with Gasteiger partial charge >= 0.3 is 5.97 Å². The molecule has 2 atom stereocenters. The molecule has 1 aromatic rings. The molecular formula is C19H22FNO4. The summed E-state index contributed by atoms with van der Waals surface area (Å²) in [5.41, 5.74) is 0.809. The lowest BCUT2D eigenvalue weighted by atomic mass is 9.67. The highest BCUT2D eigenvalue weighted by molar-refractivity contribution is 5.93. The largest absolute Gasteiger partial charge is 0.455 e. The van der Waals surface area contributed by atoms with Crippen molar-refractivity contribution < 1.29 is 23.5 Å². The highest BCUT2D eigenvalue weighted by Crippen LogP contribution is 2.40. The summed E-state index contributed by atoms with van der Waals surface area (Å²) in [6.07, 6.45) is 3.75. The summed E-state index contributed by atoms with van der Waals surface area (Å²) in [6.45, 7) is 1.30. The number of ketones is 1. The third-order valence-corrected chi connectivity index (χ3v) is 5.13. The molecule has 2 unspecified atom stereocenters. The van der Waals surface area contributed by atoms with Crippen LogP contribution in [-0.4, -0.2) is 24.3 Å².